The number of nitro groups is 2. The number of hydrogen-bond acceptors (Lipinski definition) is 7. The molecule has 0 radical (unpaired) electrons. The van der Waals surface area contributed by atoms with Gasteiger partial charge in [0.2, 0.25) is 0 Å². The molecule has 0 saturated carbocycles. The number of rotatable bonds is 4. The summed E-state index contributed by atoms with van der Waals surface area (Å²) in [6, 6.07) is 3.33. The van der Waals surface area contributed by atoms with Crippen molar-refractivity contribution in [2.75, 3.05) is 18.0 Å². The third kappa shape index (κ3) is 4.78. The highest BCUT2D eigenvalue weighted by molar-refractivity contribution is 5.70. The lowest BCUT2D eigenvalue weighted by Crippen LogP contribution is -2.40. The lowest BCUT2D eigenvalue weighted by molar-refractivity contribution is -0.393. The van der Waals surface area contributed by atoms with Crippen LogP contribution in [0.15, 0.2) is 18.2 Å². The van der Waals surface area contributed by atoms with Crippen molar-refractivity contribution in [3.63, 3.8) is 0 Å². The number of carbonyl (C=O) groups excluding carboxylic acids is 1. The van der Waals surface area contributed by atoms with E-state index in [-0.39, 0.29) is 17.4 Å². The monoisotopic (exact) mass is 352 g/mol. The lowest BCUT2D eigenvalue weighted by Gasteiger charge is -2.22. The van der Waals surface area contributed by atoms with Crippen LogP contribution in [0.4, 0.5) is 21.9 Å². The van der Waals surface area contributed by atoms with Crippen molar-refractivity contribution in [3.8, 4) is 0 Å². The van der Waals surface area contributed by atoms with Crippen LogP contribution >= 0.6 is 0 Å². The van der Waals surface area contributed by atoms with Crippen molar-refractivity contribution in [2.24, 2.45) is 0 Å². The molecule has 0 bridgehead atoms. The van der Waals surface area contributed by atoms with Gasteiger partial charge in [0.1, 0.15) is 11.3 Å². The molecule has 1 aliphatic rings. The highest BCUT2D eigenvalue weighted by Gasteiger charge is 2.30. The summed E-state index contributed by atoms with van der Waals surface area (Å²) in [5, 5.41) is 24.8. The van der Waals surface area contributed by atoms with Crippen molar-refractivity contribution in [2.45, 2.75) is 38.8 Å². The maximum atomic E-state index is 11.8. The van der Waals surface area contributed by atoms with Gasteiger partial charge in [-0.15, -0.1) is 0 Å². The Morgan fingerprint density at radius 1 is 1.28 bits per heavy atom. The quantitative estimate of drug-likeness (QED) is 0.651. The normalized spacial score (nSPS) is 17.2. The Labute approximate surface area is 144 Å². The molecule has 0 aromatic heterocycles. The lowest BCUT2D eigenvalue weighted by atomic mass is 10.2. The zero-order valence-corrected chi connectivity index (χ0v) is 14.2. The van der Waals surface area contributed by atoms with Gasteiger partial charge in [0, 0.05) is 19.2 Å². The molecule has 25 heavy (non-hydrogen) atoms. The van der Waals surface area contributed by atoms with Crippen LogP contribution in [0.1, 0.15) is 27.2 Å². The zero-order chi connectivity index (χ0) is 18.8. The summed E-state index contributed by atoms with van der Waals surface area (Å²) in [5.41, 5.74) is -0.978. The van der Waals surface area contributed by atoms with Crippen LogP contribution < -0.4 is 10.2 Å². The first-order chi connectivity index (χ1) is 11.6. The molecule has 1 aromatic rings. The Morgan fingerprint density at radius 3 is 2.52 bits per heavy atom. The van der Waals surface area contributed by atoms with E-state index in [0.717, 1.165) is 6.07 Å². The van der Waals surface area contributed by atoms with E-state index in [0.29, 0.717) is 25.2 Å². The molecule has 0 spiro atoms. The van der Waals surface area contributed by atoms with Crippen LogP contribution in [0.2, 0.25) is 0 Å². The topological polar surface area (TPSA) is 128 Å². The van der Waals surface area contributed by atoms with Crippen LogP contribution in [0.25, 0.3) is 0 Å². The van der Waals surface area contributed by atoms with E-state index < -0.39 is 21.5 Å². The fourth-order valence-electron chi connectivity index (χ4n) is 2.61. The van der Waals surface area contributed by atoms with Gasteiger partial charge in [0.15, 0.2) is 0 Å². The molecule has 1 fully saturated rings. The summed E-state index contributed by atoms with van der Waals surface area (Å²) in [7, 11) is 0. The molecular formula is C15H20N4O6. The molecular weight excluding hydrogens is 332 g/mol. The van der Waals surface area contributed by atoms with Gasteiger partial charge in [-0.1, -0.05) is 0 Å². The van der Waals surface area contributed by atoms with E-state index in [9.17, 15) is 25.0 Å². The van der Waals surface area contributed by atoms with Gasteiger partial charge in [-0.2, -0.15) is 0 Å². The number of non-ortho nitro benzene ring substituents is 1. The summed E-state index contributed by atoms with van der Waals surface area (Å²) in [4.78, 5) is 34.3. The van der Waals surface area contributed by atoms with E-state index in [1.54, 1.807) is 25.7 Å². The third-order valence-electron chi connectivity index (χ3n) is 3.62. The minimum absolute atomic E-state index is 0.218. The number of amides is 1. The Balaban J connectivity index is 2.10. The number of alkyl carbamates (subject to hydrolysis) is 1. The molecule has 1 heterocycles. The number of nitrogens with zero attached hydrogens (tertiary/aromatic N) is 3. The molecule has 1 aromatic carbocycles. The first-order valence-corrected chi connectivity index (χ1v) is 7.74. The minimum Gasteiger partial charge on any atom is -0.444 e. The standard InChI is InChI=1S/C15H20N4O6/c1-15(2,3)25-14(20)16-10-6-7-17(9-10)12-5-4-11(18(21)22)8-13(12)19(23)24/h4-5,8,10H,6-7,9H2,1-3H3,(H,16,20). The molecule has 10 heteroatoms. The number of ether oxygens (including phenoxy) is 1. The van der Waals surface area contributed by atoms with Gasteiger partial charge in [0.05, 0.1) is 22.0 Å². The summed E-state index contributed by atoms with van der Waals surface area (Å²) < 4.78 is 5.19. The van der Waals surface area contributed by atoms with E-state index >= 15 is 0 Å². The third-order valence-corrected chi connectivity index (χ3v) is 3.62. The van der Waals surface area contributed by atoms with Gasteiger partial charge < -0.3 is 15.0 Å². The van der Waals surface area contributed by atoms with Crippen LogP contribution in [-0.2, 0) is 4.74 Å². The van der Waals surface area contributed by atoms with E-state index in [1.807, 2.05) is 0 Å². The molecule has 1 unspecified atom stereocenters. The van der Waals surface area contributed by atoms with Crippen LogP contribution in [-0.4, -0.2) is 40.7 Å². The average Bonchev–Trinajstić information content (AvgIpc) is 2.92. The molecule has 1 aliphatic heterocycles. The summed E-state index contributed by atoms with van der Waals surface area (Å²) in [6.45, 7) is 6.12. The van der Waals surface area contributed by atoms with Gasteiger partial charge in [0.25, 0.3) is 11.4 Å². The largest absolute Gasteiger partial charge is 0.444 e. The van der Waals surface area contributed by atoms with E-state index in [4.69, 9.17) is 4.74 Å². The molecule has 136 valence electrons. The van der Waals surface area contributed by atoms with Crippen LogP contribution in [0.3, 0.4) is 0 Å². The van der Waals surface area contributed by atoms with Gasteiger partial charge in [-0.3, -0.25) is 20.2 Å². The second-order valence-electron chi connectivity index (χ2n) is 6.77. The highest BCUT2D eigenvalue weighted by atomic mass is 16.6. The van der Waals surface area contributed by atoms with Crippen molar-refractivity contribution in [1.29, 1.82) is 0 Å². The van der Waals surface area contributed by atoms with Crippen LogP contribution in [0.5, 0.6) is 0 Å². The second kappa shape index (κ2) is 6.91. The Kier molecular flexibility index (Phi) is 5.10. The van der Waals surface area contributed by atoms with Crippen molar-refractivity contribution >= 4 is 23.2 Å². The summed E-state index contributed by atoms with van der Waals surface area (Å²) in [6.07, 6.45) is 0.0467. The molecule has 0 aliphatic carbocycles. The maximum Gasteiger partial charge on any atom is 0.407 e. The summed E-state index contributed by atoms with van der Waals surface area (Å²) >= 11 is 0. The number of nitro benzene ring substituents is 2. The smallest absolute Gasteiger partial charge is 0.407 e. The van der Waals surface area contributed by atoms with Crippen LogP contribution in [0, 0.1) is 20.2 Å². The number of nitrogens with one attached hydrogen (secondary N) is 1. The van der Waals surface area contributed by atoms with Gasteiger partial charge in [-0.05, 0) is 33.3 Å². The average molecular weight is 352 g/mol. The number of benzene rings is 1. The molecule has 1 N–H and O–H groups in total. The SMILES string of the molecule is CC(C)(C)OC(=O)NC1CCN(c2ccc([N+](=O)[O-])cc2[N+](=O)[O-])C1. The first kappa shape index (κ1) is 18.4. The minimum atomic E-state index is -0.673. The predicted molar refractivity (Wildman–Crippen MR) is 89.7 cm³/mol. The fourth-order valence-corrected chi connectivity index (χ4v) is 2.61. The van der Waals surface area contributed by atoms with Crippen molar-refractivity contribution < 1.29 is 19.4 Å². The summed E-state index contributed by atoms with van der Waals surface area (Å²) in [5.74, 6) is 0. The fraction of sp³-hybridized carbons (Fsp3) is 0.533. The maximum absolute atomic E-state index is 11.8. The second-order valence-corrected chi connectivity index (χ2v) is 6.77. The molecule has 1 atom stereocenters. The van der Waals surface area contributed by atoms with Crippen molar-refractivity contribution in [1.82, 2.24) is 5.32 Å². The molecule has 1 amide bonds. The number of carbonyl (C=O) groups is 1. The zero-order valence-electron chi connectivity index (χ0n) is 14.2. The molecule has 2 rings (SSSR count). The first-order valence-electron chi connectivity index (χ1n) is 7.74. The van der Waals surface area contributed by atoms with Crippen molar-refractivity contribution in [3.05, 3.63) is 38.4 Å². The van der Waals surface area contributed by atoms with E-state index in [2.05, 4.69) is 5.32 Å². The number of hydrogen-bond donors (Lipinski definition) is 1. The van der Waals surface area contributed by atoms with Gasteiger partial charge in [-0.25, -0.2) is 4.79 Å². The molecule has 10 nitrogen and oxygen atoms in total. The number of anilines is 1. The van der Waals surface area contributed by atoms with Gasteiger partial charge >= 0.3 is 6.09 Å². The van der Waals surface area contributed by atoms with E-state index in [1.165, 1.54) is 12.1 Å². The molecule has 1 saturated heterocycles. The Morgan fingerprint density at radius 2 is 1.96 bits per heavy atom. The predicted octanol–water partition coefficient (Wildman–Crippen LogP) is 2.61. The Bertz CT molecular complexity index is 700. The Hall–Kier alpha value is -2.91. The highest BCUT2D eigenvalue weighted by Crippen LogP contribution is 2.33.